The van der Waals surface area contributed by atoms with Crippen LogP contribution in [-0.4, -0.2) is 37.6 Å². The summed E-state index contributed by atoms with van der Waals surface area (Å²) < 4.78 is 5.18. The molecule has 1 fully saturated rings. The van der Waals surface area contributed by atoms with Crippen molar-refractivity contribution < 1.29 is 9.53 Å². The quantitative estimate of drug-likeness (QED) is 0.526. The van der Waals surface area contributed by atoms with E-state index in [1.54, 1.807) is 19.0 Å². The Morgan fingerprint density at radius 2 is 2.30 bits per heavy atom. The fourth-order valence-electron chi connectivity index (χ4n) is 1.06. The second-order valence-corrected chi connectivity index (χ2v) is 2.73. The highest BCUT2D eigenvalue weighted by atomic mass is 16.5. The first kappa shape index (κ1) is 7.54. The number of ether oxygens (including phenoxy) is 1. The van der Waals surface area contributed by atoms with E-state index in [-0.39, 0.29) is 12.0 Å². The van der Waals surface area contributed by atoms with Crippen LogP contribution in [0.5, 0.6) is 0 Å². The molecule has 1 saturated heterocycles. The maximum absolute atomic E-state index is 11.1. The molecule has 0 unspecified atom stereocenters. The molecule has 0 N–H and O–H groups in total. The average molecular weight is 143 g/mol. The highest BCUT2D eigenvalue weighted by Gasteiger charge is 2.24. The number of nitrogens with zero attached hydrogens (tertiary/aromatic N) is 1. The third kappa shape index (κ3) is 1.48. The van der Waals surface area contributed by atoms with Gasteiger partial charge in [0.05, 0.1) is 0 Å². The number of hydrogen-bond donors (Lipinski definition) is 0. The molecule has 10 heavy (non-hydrogen) atoms. The zero-order valence-corrected chi connectivity index (χ0v) is 6.46. The predicted octanol–water partition coefficient (Wildman–Crippen LogP) is 0.254. The molecule has 1 rings (SSSR count). The largest absolute Gasteiger partial charge is 0.368 e. The van der Waals surface area contributed by atoms with Crippen molar-refractivity contribution in [3.8, 4) is 0 Å². The molecule has 58 valence electrons. The van der Waals surface area contributed by atoms with Gasteiger partial charge in [-0.25, -0.2) is 0 Å². The van der Waals surface area contributed by atoms with Gasteiger partial charge in [-0.2, -0.15) is 0 Å². The van der Waals surface area contributed by atoms with Gasteiger partial charge in [-0.3, -0.25) is 4.79 Å². The summed E-state index contributed by atoms with van der Waals surface area (Å²) in [5.74, 6) is 0.0949. The number of carbonyl (C=O) groups is 1. The minimum atomic E-state index is -0.157. The first-order chi connectivity index (χ1) is 4.72. The van der Waals surface area contributed by atoms with Gasteiger partial charge in [0.15, 0.2) is 0 Å². The summed E-state index contributed by atoms with van der Waals surface area (Å²) in [5.41, 5.74) is 0. The standard InChI is InChI=1S/C7H13NO2/c1-8(2)7(9)6-4-3-5-10-6/h6H,3-5H2,1-2H3/t6-/m0/s1. The Balaban J connectivity index is 2.40. The fraction of sp³-hybridized carbons (Fsp3) is 0.857. The SMILES string of the molecule is CN(C)C(=O)[C@@H]1CCCO1. The molecule has 1 heterocycles. The molecular weight excluding hydrogens is 130 g/mol. The van der Waals surface area contributed by atoms with Crippen LogP contribution in [0.3, 0.4) is 0 Å². The molecular formula is C7H13NO2. The molecule has 0 aliphatic carbocycles. The zero-order chi connectivity index (χ0) is 7.56. The molecule has 0 saturated carbocycles. The number of likely N-dealkylation sites (N-methyl/N-ethyl adjacent to an activating group) is 1. The molecule has 1 aliphatic heterocycles. The van der Waals surface area contributed by atoms with Crippen LogP contribution in [0.1, 0.15) is 12.8 Å². The Bertz CT molecular complexity index is 128. The van der Waals surface area contributed by atoms with Crippen LogP contribution >= 0.6 is 0 Å². The van der Waals surface area contributed by atoms with Crippen LogP contribution in [0.4, 0.5) is 0 Å². The molecule has 3 heteroatoms. The molecule has 3 nitrogen and oxygen atoms in total. The highest BCUT2D eigenvalue weighted by molar-refractivity contribution is 5.80. The van der Waals surface area contributed by atoms with Crippen molar-refractivity contribution in [3.63, 3.8) is 0 Å². The third-order valence-electron chi connectivity index (χ3n) is 1.65. The second kappa shape index (κ2) is 3.01. The first-order valence-electron chi connectivity index (χ1n) is 3.54. The van der Waals surface area contributed by atoms with E-state index < -0.39 is 0 Å². The van der Waals surface area contributed by atoms with Crippen LogP contribution in [0.25, 0.3) is 0 Å². The van der Waals surface area contributed by atoms with Crippen LogP contribution in [0.15, 0.2) is 0 Å². The second-order valence-electron chi connectivity index (χ2n) is 2.73. The zero-order valence-electron chi connectivity index (χ0n) is 6.46. The summed E-state index contributed by atoms with van der Waals surface area (Å²) in [4.78, 5) is 12.7. The lowest BCUT2D eigenvalue weighted by molar-refractivity contribution is -0.138. The normalized spacial score (nSPS) is 24.8. The Hall–Kier alpha value is -0.570. The van der Waals surface area contributed by atoms with Crippen LogP contribution < -0.4 is 0 Å². The molecule has 0 bridgehead atoms. The Labute approximate surface area is 61.0 Å². The van der Waals surface area contributed by atoms with Crippen molar-refractivity contribution in [1.82, 2.24) is 4.90 Å². The van der Waals surface area contributed by atoms with E-state index in [1.807, 2.05) is 0 Å². The monoisotopic (exact) mass is 143 g/mol. The van der Waals surface area contributed by atoms with E-state index in [4.69, 9.17) is 4.74 Å². The lowest BCUT2D eigenvalue weighted by Gasteiger charge is -2.14. The summed E-state index contributed by atoms with van der Waals surface area (Å²) in [6, 6.07) is 0. The summed E-state index contributed by atoms with van der Waals surface area (Å²) in [6.07, 6.45) is 1.75. The van der Waals surface area contributed by atoms with Crippen molar-refractivity contribution in [1.29, 1.82) is 0 Å². The number of hydrogen-bond acceptors (Lipinski definition) is 2. The Morgan fingerprint density at radius 3 is 2.70 bits per heavy atom. The topological polar surface area (TPSA) is 29.5 Å². The molecule has 1 aliphatic rings. The average Bonchev–Trinajstić information content (AvgIpc) is 2.36. The molecule has 0 aromatic heterocycles. The molecule has 0 aromatic rings. The highest BCUT2D eigenvalue weighted by Crippen LogP contribution is 2.12. The first-order valence-corrected chi connectivity index (χ1v) is 3.54. The lowest BCUT2D eigenvalue weighted by Crippen LogP contribution is -2.32. The summed E-state index contributed by atoms with van der Waals surface area (Å²) in [7, 11) is 3.51. The minimum absolute atomic E-state index is 0.0949. The number of amides is 1. The van der Waals surface area contributed by atoms with E-state index in [1.165, 1.54) is 0 Å². The Kier molecular flexibility index (Phi) is 2.27. The molecule has 1 amide bonds. The van der Waals surface area contributed by atoms with Crippen molar-refractivity contribution in [2.45, 2.75) is 18.9 Å². The van der Waals surface area contributed by atoms with E-state index >= 15 is 0 Å². The van der Waals surface area contributed by atoms with Crippen LogP contribution in [0, 0.1) is 0 Å². The van der Waals surface area contributed by atoms with E-state index in [9.17, 15) is 4.79 Å². The van der Waals surface area contributed by atoms with Gasteiger partial charge in [-0.05, 0) is 12.8 Å². The fourth-order valence-corrected chi connectivity index (χ4v) is 1.06. The Morgan fingerprint density at radius 1 is 1.60 bits per heavy atom. The summed E-state index contributed by atoms with van der Waals surface area (Å²) >= 11 is 0. The summed E-state index contributed by atoms with van der Waals surface area (Å²) in [6.45, 7) is 0.740. The van der Waals surface area contributed by atoms with Crippen molar-refractivity contribution >= 4 is 5.91 Å². The smallest absolute Gasteiger partial charge is 0.251 e. The molecule has 0 radical (unpaired) electrons. The van der Waals surface area contributed by atoms with Gasteiger partial charge in [0.25, 0.3) is 5.91 Å². The van der Waals surface area contributed by atoms with Gasteiger partial charge >= 0.3 is 0 Å². The van der Waals surface area contributed by atoms with Gasteiger partial charge in [0.1, 0.15) is 6.10 Å². The van der Waals surface area contributed by atoms with Gasteiger partial charge in [0.2, 0.25) is 0 Å². The van der Waals surface area contributed by atoms with Crippen LogP contribution in [-0.2, 0) is 9.53 Å². The number of rotatable bonds is 1. The van der Waals surface area contributed by atoms with Gasteiger partial charge in [-0.1, -0.05) is 0 Å². The van der Waals surface area contributed by atoms with Crippen molar-refractivity contribution in [2.24, 2.45) is 0 Å². The van der Waals surface area contributed by atoms with Crippen molar-refractivity contribution in [3.05, 3.63) is 0 Å². The van der Waals surface area contributed by atoms with Gasteiger partial charge < -0.3 is 9.64 Å². The van der Waals surface area contributed by atoms with E-state index in [2.05, 4.69) is 0 Å². The van der Waals surface area contributed by atoms with E-state index in [0.717, 1.165) is 19.4 Å². The van der Waals surface area contributed by atoms with Gasteiger partial charge in [-0.15, -0.1) is 0 Å². The maximum Gasteiger partial charge on any atom is 0.251 e. The minimum Gasteiger partial charge on any atom is -0.368 e. The third-order valence-corrected chi connectivity index (χ3v) is 1.65. The predicted molar refractivity (Wildman–Crippen MR) is 37.7 cm³/mol. The molecule has 0 spiro atoms. The molecule has 0 aromatic carbocycles. The van der Waals surface area contributed by atoms with Crippen LogP contribution in [0.2, 0.25) is 0 Å². The van der Waals surface area contributed by atoms with Crippen molar-refractivity contribution in [2.75, 3.05) is 20.7 Å². The van der Waals surface area contributed by atoms with Gasteiger partial charge in [0, 0.05) is 20.7 Å². The molecule has 1 atom stereocenters. The number of carbonyl (C=O) groups excluding carboxylic acids is 1. The van der Waals surface area contributed by atoms with E-state index in [0.29, 0.717) is 0 Å². The lowest BCUT2D eigenvalue weighted by atomic mass is 10.2. The maximum atomic E-state index is 11.1. The summed E-state index contributed by atoms with van der Waals surface area (Å²) in [5, 5.41) is 0.